The van der Waals surface area contributed by atoms with Crippen LogP contribution in [0, 0.1) is 0 Å². The molecule has 0 saturated carbocycles. The van der Waals surface area contributed by atoms with E-state index in [0.29, 0.717) is 0 Å². The van der Waals surface area contributed by atoms with Crippen molar-refractivity contribution in [1.29, 1.82) is 0 Å². The first-order valence-corrected chi connectivity index (χ1v) is 6.20. The first-order chi connectivity index (χ1) is 8.74. The zero-order valence-electron chi connectivity index (χ0n) is 10.7. The van der Waals surface area contributed by atoms with Gasteiger partial charge in [-0.2, -0.15) is 0 Å². The Morgan fingerprint density at radius 2 is 2.22 bits per heavy atom. The molecule has 0 spiro atoms. The number of ether oxygens (including phenoxy) is 1. The van der Waals surface area contributed by atoms with Crippen LogP contribution in [0.1, 0.15) is 23.8 Å². The van der Waals surface area contributed by atoms with Crippen LogP contribution in [-0.4, -0.2) is 13.7 Å². The average molecular weight is 243 g/mol. The van der Waals surface area contributed by atoms with Crippen molar-refractivity contribution in [2.75, 3.05) is 13.7 Å². The quantitative estimate of drug-likeness (QED) is 0.880. The fourth-order valence-electron chi connectivity index (χ4n) is 2.72. The van der Waals surface area contributed by atoms with Gasteiger partial charge < -0.3 is 14.5 Å². The topological polar surface area (TPSA) is 34.4 Å². The van der Waals surface area contributed by atoms with E-state index in [9.17, 15) is 0 Å². The molecule has 94 valence electrons. The van der Waals surface area contributed by atoms with Crippen molar-refractivity contribution < 1.29 is 9.15 Å². The van der Waals surface area contributed by atoms with Gasteiger partial charge in [-0.1, -0.05) is 6.07 Å². The standard InChI is InChI=1S/C15H17NO2/c1-15(14-4-3-9-18-14)13-6-5-12(17-2)10-11(13)7-8-16-15/h3-6,9-10,16H,7-8H2,1-2H3. The summed E-state index contributed by atoms with van der Waals surface area (Å²) >= 11 is 0. The van der Waals surface area contributed by atoms with Gasteiger partial charge in [0.15, 0.2) is 0 Å². The molecule has 0 amide bonds. The lowest BCUT2D eigenvalue weighted by atomic mass is 9.82. The molecule has 0 radical (unpaired) electrons. The van der Waals surface area contributed by atoms with Crippen molar-refractivity contribution in [1.82, 2.24) is 5.32 Å². The highest BCUT2D eigenvalue weighted by atomic mass is 16.5. The lowest BCUT2D eigenvalue weighted by molar-refractivity contribution is 0.331. The highest BCUT2D eigenvalue weighted by Gasteiger charge is 2.35. The Morgan fingerprint density at radius 1 is 1.33 bits per heavy atom. The highest BCUT2D eigenvalue weighted by Crippen LogP contribution is 2.36. The fourth-order valence-corrected chi connectivity index (χ4v) is 2.72. The Balaban J connectivity index is 2.12. The van der Waals surface area contributed by atoms with Crippen LogP contribution in [0.3, 0.4) is 0 Å². The van der Waals surface area contributed by atoms with Gasteiger partial charge in [0.25, 0.3) is 0 Å². The maximum Gasteiger partial charge on any atom is 0.128 e. The van der Waals surface area contributed by atoms with Crippen molar-refractivity contribution in [3.05, 3.63) is 53.5 Å². The third-order valence-electron chi connectivity index (χ3n) is 3.74. The number of nitrogens with one attached hydrogen (secondary N) is 1. The van der Waals surface area contributed by atoms with Gasteiger partial charge in [0.05, 0.1) is 18.9 Å². The second kappa shape index (κ2) is 4.18. The summed E-state index contributed by atoms with van der Waals surface area (Å²) in [5.74, 6) is 1.87. The van der Waals surface area contributed by atoms with E-state index in [1.54, 1.807) is 13.4 Å². The molecular formula is C15H17NO2. The van der Waals surface area contributed by atoms with Gasteiger partial charge in [-0.3, -0.25) is 0 Å². The molecule has 1 unspecified atom stereocenters. The van der Waals surface area contributed by atoms with Crippen LogP contribution in [0.5, 0.6) is 5.75 Å². The van der Waals surface area contributed by atoms with E-state index >= 15 is 0 Å². The number of benzene rings is 1. The van der Waals surface area contributed by atoms with Crippen molar-refractivity contribution in [3.8, 4) is 5.75 Å². The summed E-state index contributed by atoms with van der Waals surface area (Å²) in [5.41, 5.74) is 2.35. The second-order valence-corrected chi connectivity index (χ2v) is 4.80. The van der Waals surface area contributed by atoms with Gasteiger partial charge in [-0.15, -0.1) is 0 Å². The normalized spacial score (nSPS) is 22.6. The van der Waals surface area contributed by atoms with Crippen LogP contribution < -0.4 is 10.1 Å². The maximum atomic E-state index is 5.60. The molecule has 18 heavy (non-hydrogen) atoms. The van der Waals surface area contributed by atoms with Gasteiger partial charge in [-0.25, -0.2) is 0 Å². The van der Waals surface area contributed by atoms with Gasteiger partial charge in [0.1, 0.15) is 11.5 Å². The second-order valence-electron chi connectivity index (χ2n) is 4.80. The average Bonchev–Trinajstić information content (AvgIpc) is 2.93. The van der Waals surface area contributed by atoms with E-state index in [-0.39, 0.29) is 5.54 Å². The van der Waals surface area contributed by atoms with Crippen molar-refractivity contribution in [2.45, 2.75) is 18.9 Å². The lowest BCUT2D eigenvalue weighted by Gasteiger charge is -2.35. The summed E-state index contributed by atoms with van der Waals surface area (Å²) in [6.45, 7) is 3.10. The van der Waals surface area contributed by atoms with Crippen molar-refractivity contribution in [3.63, 3.8) is 0 Å². The summed E-state index contributed by atoms with van der Waals surface area (Å²) in [6, 6.07) is 10.2. The number of rotatable bonds is 2. The molecule has 2 aromatic rings. The van der Waals surface area contributed by atoms with E-state index in [1.807, 2.05) is 18.2 Å². The molecule has 1 N–H and O–H groups in total. The Morgan fingerprint density at radius 3 is 2.94 bits per heavy atom. The number of hydrogen-bond acceptors (Lipinski definition) is 3. The minimum absolute atomic E-state index is 0.247. The Bertz CT molecular complexity index is 548. The smallest absolute Gasteiger partial charge is 0.128 e. The molecular weight excluding hydrogens is 226 g/mol. The minimum atomic E-state index is -0.247. The van der Waals surface area contributed by atoms with Crippen molar-refractivity contribution >= 4 is 0 Å². The first kappa shape index (κ1) is 11.4. The van der Waals surface area contributed by atoms with Crippen LogP contribution in [-0.2, 0) is 12.0 Å². The Labute approximate surface area is 107 Å². The van der Waals surface area contributed by atoms with E-state index in [0.717, 1.165) is 24.5 Å². The van der Waals surface area contributed by atoms with Gasteiger partial charge in [-0.05, 0) is 48.7 Å². The summed E-state index contributed by atoms with van der Waals surface area (Å²) < 4.78 is 10.9. The molecule has 1 aliphatic heterocycles. The summed E-state index contributed by atoms with van der Waals surface area (Å²) in [6.07, 6.45) is 2.74. The van der Waals surface area contributed by atoms with Crippen LogP contribution in [0.25, 0.3) is 0 Å². The van der Waals surface area contributed by atoms with Gasteiger partial charge >= 0.3 is 0 Å². The fraction of sp³-hybridized carbons (Fsp3) is 0.333. The molecule has 0 bridgehead atoms. The molecule has 0 fully saturated rings. The summed E-state index contributed by atoms with van der Waals surface area (Å²) in [5, 5.41) is 3.56. The largest absolute Gasteiger partial charge is 0.497 e. The number of fused-ring (bicyclic) bond motifs is 1. The van der Waals surface area contributed by atoms with Gasteiger partial charge in [0, 0.05) is 6.54 Å². The molecule has 1 aliphatic rings. The SMILES string of the molecule is COc1ccc2c(c1)CCNC2(C)c1ccco1. The molecule has 1 aromatic carbocycles. The molecule has 1 aromatic heterocycles. The molecule has 2 heterocycles. The maximum absolute atomic E-state index is 5.60. The van der Waals surface area contributed by atoms with E-state index in [2.05, 4.69) is 24.4 Å². The summed E-state index contributed by atoms with van der Waals surface area (Å²) in [4.78, 5) is 0. The van der Waals surface area contributed by atoms with E-state index in [1.165, 1.54) is 11.1 Å². The van der Waals surface area contributed by atoms with Crippen molar-refractivity contribution in [2.24, 2.45) is 0 Å². The van der Waals surface area contributed by atoms with Crippen LogP contribution in [0.2, 0.25) is 0 Å². The molecule has 3 heteroatoms. The number of furan rings is 1. The molecule has 0 aliphatic carbocycles. The predicted octanol–water partition coefficient (Wildman–Crippen LogP) is 2.70. The van der Waals surface area contributed by atoms with Crippen LogP contribution in [0.4, 0.5) is 0 Å². The third-order valence-corrected chi connectivity index (χ3v) is 3.74. The first-order valence-electron chi connectivity index (χ1n) is 6.20. The molecule has 0 saturated heterocycles. The Kier molecular flexibility index (Phi) is 2.63. The molecule has 3 rings (SSSR count). The lowest BCUT2D eigenvalue weighted by Crippen LogP contribution is -2.45. The summed E-state index contributed by atoms with van der Waals surface area (Å²) in [7, 11) is 1.70. The third kappa shape index (κ3) is 1.63. The zero-order valence-corrected chi connectivity index (χ0v) is 10.7. The van der Waals surface area contributed by atoms with Gasteiger partial charge in [0.2, 0.25) is 0 Å². The molecule has 3 nitrogen and oxygen atoms in total. The number of methoxy groups -OCH3 is 1. The monoisotopic (exact) mass is 243 g/mol. The zero-order chi connectivity index (χ0) is 12.6. The van der Waals surface area contributed by atoms with E-state index < -0.39 is 0 Å². The van der Waals surface area contributed by atoms with Crippen LogP contribution >= 0.6 is 0 Å². The number of hydrogen-bond donors (Lipinski definition) is 1. The highest BCUT2D eigenvalue weighted by molar-refractivity contribution is 5.45. The van der Waals surface area contributed by atoms with E-state index in [4.69, 9.17) is 9.15 Å². The molecule has 1 atom stereocenters. The Hall–Kier alpha value is -1.74. The minimum Gasteiger partial charge on any atom is -0.497 e. The predicted molar refractivity (Wildman–Crippen MR) is 69.9 cm³/mol. The van der Waals surface area contributed by atoms with Crippen LogP contribution in [0.15, 0.2) is 41.0 Å².